The van der Waals surface area contributed by atoms with E-state index in [1.807, 2.05) is 49.4 Å². The highest BCUT2D eigenvalue weighted by atomic mass is 127. The number of nitrogens with zero attached hydrogens (tertiary/aromatic N) is 2. The number of carbonyl (C=O) groups excluding carboxylic acids is 1. The average molecular weight is 480 g/mol. The van der Waals surface area contributed by atoms with Crippen molar-refractivity contribution in [1.82, 2.24) is 9.55 Å². The van der Waals surface area contributed by atoms with Gasteiger partial charge < -0.3 is 4.74 Å². The number of carbonyl (C=O) groups is 1. The average Bonchev–Trinajstić information content (AvgIpc) is 2.61. The van der Waals surface area contributed by atoms with Crippen LogP contribution in [0.5, 0.6) is 0 Å². The second kappa shape index (κ2) is 8.22. The summed E-state index contributed by atoms with van der Waals surface area (Å²) in [6, 6.07) is 13.2. The maximum Gasteiger partial charge on any atom is 0.316 e. The van der Waals surface area contributed by atoms with Gasteiger partial charge in [-0.15, -0.1) is 0 Å². The third-order valence-corrected chi connectivity index (χ3v) is 5.27. The normalized spacial score (nSPS) is 10.9. The molecule has 0 bridgehead atoms. The third-order valence-electron chi connectivity index (χ3n) is 3.68. The molecule has 0 aliphatic rings. The first-order chi connectivity index (χ1) is 12.5. The quantitative estimate of drug-likeness (QED) is 0.240. The lowest BCUT2D eigenvalue weighted by molar-refractivity contribution is -0.139. The highest BCUT2D eigenvalue weighted by Crippen LogP contribution is 2.23. The number of esters is 1. The van der Waals surface area contributed by atoms with Crippen LogP contribution < -0.4 is 5.56 Å². The van der Waals surface area contributed by atoms with Crippen molar-refractivity contribution in [3.8, 4) is 5.69 Å². The van der Waals surface area contributed by atoms with Gasteiger partial charge in [0.15, 0.2) is 5.16 Å². The van der Waals surface area contributed by atoms with Crippen LogP contribution in [0.1, 0.15) is 12.5 Å². The number of fused-ring (bicyclic) bond motifs is 1. The van der Waals surface area contributed by atoms with Gasteiger partial charge in [0, 0.05) is 3.57 Å². The Morgan fingerprint density at radius 1 is 1.27 bits per heavy atom. The van der Waals surface area contributed by atoms with Crippen LogP contribution in [0, 0.1) is 10.5 Å². The molecule has 0 aliphatic carbocycles. The Balaban J connectivity index is 2.17. The van der Waals surface area contributed by atoms with E-state index in [2.05, 4.69) is 27.6 Å². The van der Waals surface area contributed by atoms with E-state index < -0.39 is 0 Å². The Bertz CT molecular complexity index is 1030. The highest BCUT2D eigenvalue weighted by molar-refractivity contribution is 14.1. The number of halogens is 1. The molecule has 1 heterocycles. The lowest BCUT2D eigenvalue weighted by Crippen LogP contribution is -2.22. The molecule has 0 amide bonds. The van der Waals surface area contributed by atoms with Crippen LogP contribution >= 0.6 is 34.4 Å². The molecular formula is C19H17IN2O3S. The molecule has 5 nitrogen and oxygen atoms in total. The van der Waals surface area contributed by atoms with E-state index in [1.54, 1.807) is 11.5 Å². The summed E-state index contributed by atoms with van der Waals surface area (Å²) in [6.45, 7) is 4.06. The van der Waals surface area contributed by atoms with Gasteiger partial charge in [-0.1, -0.05) is 23.9 Å². The SMILES string of the molecule is CCOC(=O)CSc1nc2ccc(I)cc2c(=O)n1-c1cccc(C)c1. The molecule has 26 heavy (non-hydrogen) atoms. The molecule has 0 fully saturated rings. The Morgan fingerprint density at radius 3 is 2.81 bits per heavy atom. The standard InChI is InChI=1S/C19H17IN2O3S/c1-3-25-17(23)11-26-19-21-16-8-7-13(20)10-15(16)18(24)22(19)14-6-4-5-12(2)9-14/h4-10H,3,11H2,1-2H3. The van der Waals surface area contributed by atoms with Crippen molar-refractivity contribution in [2.45, 2.75) is 19.0 Å². The van der Waals surface area contributed by atoms with Crippen molar-refractivity contribution in [1.29, 1.82) is 0 Å². The third kappa shape index (κ3) is 4.09. The van der Waals surface area contributed by atoms with Gasteiger partial charge in [0.1, 0.15) is 0 Å². The first kappa shape index (κ1) is 18.9. The molecule has 0 saturated carbocycles. The van der Waals surface area contributed by atoms with E-state index in [1.165, 1.54) is 11.8 Å². The first-order valence-corrected chi connectivity index (χ1v) is 10.1. The van der Waals surface area contributed by atoms with Crippen molar-refractivity contribution < 1.29 is 9.53 Å². The van der Waals surface area contributed by atoms with E-state index in [0.717, 1.165) is 14.8 Å². The Morgan fingerprint density at radius 2 is 2.08 bits per heavy atom. The molecule has 0 unspecified atom stereocenters. The lowest BCUT2D eigenvalue weighted by atomic mass is 10.2. The Kier molecular flexibility index (Phi) is 5.98. The highest BCUT2D eigenvalue weighted by Gasteiger charge is 2.15. The number of thioether (sulfide) groups is 1. The van der Waals surface area contributed by atoms with E-state index in [9.17, 15) is 9.59 Å². The maximum absolute atomic E-state index is 13.2. The van der Waals surface area contributed by atoms with Gasteiger partial charge in [0.05, 0.1) is 29.0 Å². The summed E-state index contributed by atoms with van der Waals surface area (Å²) >= 11 is 3.38. The number of rotatable bonds is 5. The van der Waals surface area contributed by atoms with E-state index >= 15 is 0 Å². The van der Waals surface area contributed by atoms with Gasteiger partial charge in [-0.25, -0.2) is 4.98 Å². The zero-order chi connectivity index (χ0) is 18.7. The molecule has 0 aliphatic heterocycles. The number of aryl methyl sites for hydroxylation is 1. The summed E-state index contributed by atoms with van der Waals surface area (Å²) in [5.41, 5.74) is 2.24. The predicted octanol–water partition coefficient (Wildman–Crippen LogP) is 3.95. The predicted molar refractivity (Wildman–Crippen MR) is 112 cm³/mol. The van der Waals surface area contributed by atoms with Crippen molar-refractivity contribution in [3.05, 3.63) is 62.0 Å². The number of hydrogen-bond acceptors (Lipinski definition) is 5. The summed E-state index contributed by atoms with van der Waals surface area (Å²) in [4.78, 5) is 29.6. The minimum atomic E-state index is -0.328. The van der Waals surface area contributed by atoms with Crippen LogP contribution in [-0.2, 0) is 9.53 Å². The van der Waals surface area contributed by atoms with Crippen molar-refractivity contribution >= 4 is 51.2 Å². The first-order valence-electron chi connectivity index (χ1n) is 8.07. The monoisotopic (exact) mass is 480 g/mol. The second-order valence-corrected chi connectivity index (χ2v) is 7.82. The fraction of sp³-hybridized carbons (Fsp3) is 0.211. The molecule has 0 atom stereocenters. The smallest absolute Gasteiger partial charge is 0.316 e. The number of benzene rings is 2. The molecule has 0 radical (unpaired) electrons. The second-order valence-electron chi connectivity index (χ2n) is 5.63. The van der Waals surface area contributed by atoms with E-state index in [-0.39, 0.29) is 17.3 Å². The molecule has 0 N–H and O–H groups in total. The van der Waals surface area contributed by atoms with E-state index in [0.29, 0.717) is 22.7 Å². The zero-order valence-electron chi connectivity index (χ0n) is 14.4. The minimum Gasteiger partial charge on any atom is -0.465 e. The largest absolute Gasteiger partial charge is 0.465 e. The number of aromatic nitrogens is 2. The van der Waals surface area contributed by atoms with Crippen LogP contribution in [0.15, 0.2) is 52.4 Å². The minimum absolute atomic E-state index is 0.0992. The summed E-state index contributed by atoms with van der Waals surface area (Å²) in [7, 11) is 0. The fourth-order valence-electron chi connectivity index (χ4n) is 2.56. The molecule has 3 aromatic rings. The van der Waals surface area contributed by atoms with E-state index in [4.69, 9.17) is 4.74 Å². The summed E-state index contributed by atoms with van der Waals surface area (Å²) in [6.07, 6.45) is 0. The van der Waals surface area contributed by atoms with Gasteiger partial charge in [0.25, 0.3) is 5.56 Å². The molecule has 0 spiro atoms. The maximum atomic E-state index is 13.2. The molecule has 0 saturated heterocycles. The van der Waals surface area contributed by atoms with Gasteiger partial charge in [0.2, 0.25) is 0 Å². The Labute approximate surface area is 168 Å². The van der Waals surface area contributed by atoms with Crippen molar-refractivity contribution in [3.63, 3.8) is 0 Å². The summed E-state index contributed by atoms with van der Waals surface area (Å²) in [5, 5.41) is 1.03. The summed E-state index contributed by atoms with van der Waals surface area (Å²) in [5.74, 6) is -0.229. The van der Waals surface area contributed by atoms with Crippen LogP contribution in [0.4, 0.5) is 0 Å². The van der Waals surface area contributed by atoms with Gasteiger partial charge >= 0.3 is 5.97 Å². The zero-order valence-corrected chi connectivity index (χ0v) is 17.3. The number of ether oxygens (including phenoxy) is 1. The molecule has 1 aromatic heterocycles. The topological polar surface area (TPSA) is 61.2 Å². The van der Waals surface area contributed by atoms with Crippen molar-refractivity contribution in [2.24, 2.45) is 0 Å². The lowest BCUT2D eigenvalue weighted by Gasteiger charge is -2.13. The van der Waals surface area contributed by atoms with Gasteiger partial charge in [-0.05, 0) is 72.3 Å². The van der Waals surface area contributed by atoms with Crippen LogP contribution in [0.2, 0.25) is 0 Å². The Hall–Kier alpha value is -1.87. The molecular weight excluding hydrogens is 463 g/mol. The summed E-state index contributed by atoms with van der Waals surface area (Å²) < 4.78 is 7.52. The van der Waals surface area contributed by atoms with Crippen LogP contribution in [0.25, 0.3) is 16.6 Å². The fourth-order valence-corrected chi connectivity index (χ4v) is 3.86. The van der Waals surface area contributed by atoms with Gasteiger partial charge in [-0.3, -0.25) is 14.2 Å². The molecule has 7 heteroatoms. The van der Waals surface area contributed by atoms with Crippen LogP contribution in [-0.4, -0.2) is 27.9 Å². The number of hydrogen-bond donors (Lipinski definition) is 0. The molecule has 2 aromatic carbocycles. The van der Waals surface area contributed by atoms with Crippen LogP contribution in [0.3, 0.4) is 0 Å². The van der Waals surface area contributed by atoms with Gasteiger partial charge in [-0.2, -0.15) is 0 Å². The molecule has 134 valence electrons. The molecule has 3 rings (SSSR count). The van der Waals surface area contributed by atoms with Crippen molar-refractivity contribution in [2.75, 3.05) is 12.4 Å².